The Morgan fingerprint density at radius 3 is 2.63 bits per heavy atom. The third-order valence-electron chi connectivity index (χ3n) is 6.15. The molecule has 2 aromatic rings. The average molecular weight is 391 g/mol. The van der Waals surface area contributed by atoms with E-state index in [1.54, 1.807) is 30.6 Å². The number of aliphatic hydroxyl groups is 1. The van der Waals surface area contributed by atoms with Gasteiger partial charge in [0, 0.05) is 50.1 Å². The number of anilines is 1. The quantitative estimate of drug-likeness (QED) is 0.869. The number of hydrogen-bond acceptors (Lipinski definition) is 5. The van der Waals surface area contributed by atoms with E-state index in [9.17, 15) is 9.50 Å². The highest BCUT2D eigenvalue weighted by molar-refractivity contribution is 6.30. The largest absolute Gasteiger partial charge is 0.396 e. The smallest absolute Gasteiger partial charge is 0.225 e. The zero-order valence-corrected chi connectivity index (χ0v) is 15.9. The van der Waals surface area contributed by atoms with Crippen molar-refractivity contribution in [2.75, 3.05) is 37.7 Å². The van der Waals surface area contributed by atoms with E-state index in [0.29, 0.717) is 12.1 Å². The zero-order valence-electron chi connectivity index (χ0n) is 15.2. The van der Waals surface area contributed by atoms with E-state index in [4.69, 9.17) is 11.6 Å². The fourth-order valence-electron chi connectivity index (χ4n) is 4.53. The maximum Gasteiger partial charge on any atom is 0.225 e. The molecule has 1 spiro atoms. The molecule has 0 bridgehead atoms. The number of aliphatic hydroxyl groups excluding tert-OH is 1. The van der Waals surface area contributed by atoms with E-state index < -0.39 is 0 Å². The molecule has 2 aliphatic heterocycles. The second kappa shape index (κ2) is 7.70. The summed E-state index contributed by atoms with van der Waals surface area (Å²) in [5.74, 6) is 0.628. The highest BCUT2D eigenvalue weighted by atomic mass is 35.5. The van der Waals surface area contributed by atoms with Crippen molar-refractivity contribution in [2.45, 2.75) is 19.4 Å². The molecule has 0 saturated carbocycles. The molecule has 1 atom stereocenters. The Bertz CT molecular complexity index is 783. The standard InChI is InChI=1S/C20H24ClFN4O/c21-17-4-1-3-15(18(17)22)11-25-9-5-20(6-10-25)14-26(12-16(20)13-27)19-23-7-2-8-24-19/h1-4,7-8,16,27H,5-6,9-14H2. The van der Waals surface area contributed by atoms with Gasteiger partial charge in [-0.15, -0.1) is 0 Å². The highest BCUT2D eigenvalue weighted by Gasteiger charge is 2.48. The first-order valence-electron chi connectivity index (χ1n) is 9.39. The van der Waals surface area contributed by atoms with Gasteiger partial charge in [-0.25, -0.2) is 14.4 Å². The molecule has 2 aliphatic rings. The molecule has 4 rings (SSSR count). The summed E-state index contributed by atoms with van der Waals surface area (Å²) in [7, 11) is 0. The number of rotatable bonds is 4. The van der Waals surface area contributed by atoms with Crippen LogP contribution in [0.25, 0.3) is 0 Å². The van der Waals surface area contributed by atoms with Gasteiger partial charge >= 0.3 is 0 Å². The molecule has 1 N–H and O–H groups in total. The first kappa shape index (κ1) is 18.6. The Morgan fingerprint density at radius 2 is 1.93 bits per heavy atom. The molecule has 0 aliphatic carbocycles. The minimum absolute atomic E-state index is 0.0668. The van der Waals surface area contributed by atoms with Crippen molar-refractivity contribution in [3.8, 4) is 0 Å². The molecule has 2 fully saturated rings. The van der Waals surface area contributed by atoms with Gasteiger partial charge in [0.15, 0.2) is 0 Å². The Kier molecular flexibility index (Phi) is 5.30. The fraction of sp³-hybridized carbons (Fsp3) is 0.500. The molecule has 5 nitrogen and oxygen atoms in total. The Hall–Kier alpha value is -1.76. The molecule has 144 valence electrons. The summed E-state index contributed by atoms with van der Waals surface area (Å²) in [6, 6.07) is 6.98. The van der Waals surface area contributed by atoms with Gasteiger partial charge < -0.3 is 10.0 Å². The van der Waals surface area contributed by atoms with Crippen molar-refractivity contribution in [3.63, 3.8) is 0 Å². The van der Waals surface area contributed by atoms with Gasteiger partial charge in [-0.05, 0) is 43.5 Å². The van der Waals surface area contributed by atoms with E-state index >= 15 is 0 Å². The van der Waals surface area contributed by atoms with Crippen LogP contribution in [0, 0.1) is 17.2 Å². The van der Waals surface area contributed by atoms with Crippen molar-refractivity contribution in [2.24, 2.45) is 11.3 Å². The van der Waals surface area contributed by atoms with Gasteiger partial charge in [-0.2, -0.15) is 0 Å². The van der Waals surface area contributed by atoms with Crippen LogP contribution in [0.4, 0.5) is 10.3 Å². The van der Waals surface area contributed by atoms with Crippen LogP contribution in [0.2, 0.25) is 5.02 Å². The molecular weight excluding hydrogens is 367 g/mol. The minimum atomic E-state index is -0.319. The third-order valence-corrected chi connectivity index (χ3v) is 6.44. The number of nitrogens with zero attached hydrogens (tertiary/aromatic N) is 4. The maximum atomic E-state index is 14.2. The van der Waals surface area contributed by atoms with Gasteiger partial charge in [0.2, 0.25) is 5.95 Å². The zero-order chi connectivity index (χ0) is 18.9. The molecule has 1 aromatic carbocycles. The van der Waals surface area contributed by atoms with Gasteiger partial charge in [-0.1, -0.05) is 23.7 Å². The van der Waals surface area contributed by atoms with Crippen LogP contribution >= 0.6 is 11.6 Å². The third kappa shape index (κ3) is 3.66. The molecule has 27 heavy (non-hydrogen) atoms. The molecule has 3 heterocycles. The summed E-state index contributed by atoms with van der Waals surface area (Å²) < 4.78 is 14.2. The predicted molar refractivity (Wildman–Crippen MR) is 103 cm³/mol. The van der Waals surface area contributed by atoms with Crippen LogP contribution in [0.5, 0.6) is 0 Å². The molecule has 7 heteroatoms. The molecule has 1 aromatic heterocycles. The van der Waals surface area contributed by atoms with E-state index in [1.165, 1.54) is 0 Å². The SMILES string of the molecule is OCC1CN(c2ncccn2)CC12CCN(Cc1cccc(Cl)c1F)CC2. The van der Waals surface area contributed by atoms with Crippen molar-refractivity contribution in [1.82, 2.24) is 14.9 Å². The summed E-state index contributed by atoms with van der Waals surface area (Å²) >= 11 is 5.90. The summed E-state index contributed by atoms with van der Waals surface area (Å²) in [5, 5.41) is 10.1. The lowest BCUT2D eigenvalue weighted by Gasteiger charge is -2.42. The summed E-state index contributed by atoms with van der Waals surface area (Å²) in [4.78, 5) is 13.2. The number of halogens is 2. The van der Waals surface area contributed by atoms with Crippen molar-refractivity contribution in [1.29, 1.82) is 0 Å². The van der Waals surface area contributed by atoms with E-state index in [2.05, 4.69) is 19.8 Å². The molecule has 2 saturated heterocycles. The van der Waals surface area contributed by atoms with E-state index in [-0.39, 0.29) is 28.8 Å². The van der Waals surface area contributed by atoms with Gasteiger partial charge in [0.1, 0.15) is 5.82 Å². The van der Waals surface area contributed by atoms with Crippen LogP contribution in [-0.2, 0) is 6.54 Å². The fourth-order valence-corrected chi connectivity index (χ4v) is 4.72. The van der Waals surface area contributed by atoms with Crippen LogP contribution in [0.1, 0.15) is 18.4 Å². The molecular formula is C20H24ClFN4O. The number of piperidine rings is 1. The van der Waals surface area contributed by atoms with Crippen molar-refractivity contribution >= 4 is 17.5 Å². The monoisotopic (exact) mass is 390 g/mol. The normalized spacial score (nSPS) is 22.5. The first-order valence-corrected chi connectivity index (χ1v) is 9.77. The van der Waals surface area contributed by atoms with Gasteiger partial charge in [0.25, 0.3) is 0 Å². The number of hydrogen-bond donors (Lipinski definition) is 1. The Balaban J connectivity index is 1.43. The topological polar surface area (TPSA) is 52.5 Å². The number of benzene rings is 1. The maximum absolute atomic E-state index is 14.2. The second-order valence-electron chi connectivity index (χ2n) is 7.66. The number of aromatic nitrogens is 2. The van der Waals surface area contributed by atoms with Crippen LogP contribution in [-0.4, -0.2) is 52.8 Å². The first-order chi connectivity index (χ1) is 13.1. The lowest BCUT2D eigenvalue weighted by Crippen LogP contribution is -2.44. The second-order valence-corrected chi connectivity index (χ2v) is 8.07. The van der Waals surface area contributed by atoms with Crippen LogP contribution in [0.3, 0.4) is 0 Å². The highest BCUT2D eigenvalue weighted by Crippen LogP contribution is 2.45. The molecule has 0 amide bonds. The number of likely N-dealkylation sites (tertiary alicyclic amines) is 1. The van der Waals surface area contributed by atoms with Gasteiger partial charge in [0.05, 0.1) is 5.02 Å². The lowest BCUT2D eigenvalue weighted by atomic mass is 9.71. The predicted octanol–water partition coefficient (Wildman–Crippen LogP) is 2.98. The summed E-state index contributed by atoms with van der Waals surface area (Å²) in [6.45, 7) is 4.15. The summed E-state index contributed by atoms with van der Waals surface area (Å²) in [6.07, 6.45) is 5.46. The molecule has 1 unspecified atom stereocenters. The van der Waals surface area contributed by atoms with Crippen molar-refractivity contribution < 1.29 is 9.50 Å². The Morgan fingerprint density at radius 1 is 1.19 bits per heavy atom. The Labute approximate surface area is 163 Å². The van der Waals surface area contributed by atoms with Crippen LogP contribution < -0.4 is 4.90 Å². The minimum Gasteiger partial charge on any atom is -0.396 e. The lowest BCUT2D eigenvalue weighted by molar-refractivity contribution is 0.0503. The van der Waals surface area contributed by atoms with Crippen molar-refractivity contribution in [3.05, 3.63) is 53.1 Å². The van der Waals surface area contributed by atoms with E-state index in [1.807, 2.05) is 6.07 Å². The van der Waals surface area contributed by atoms with Gasteiger partial charge in [-0.3, -0.25) is 4.90 Å². The van der Waals surface area contributed by atoms with Crippen LogP contribution in [0.15, 0.2) is 36.7 Å². The molecule has 0 radical (unpaired) electrons. The van der Waals surface area contributed by atoms with E-state index in [0.717, 1.165) is 45.0 Å². The summed E-state index contributed by atoms with van der Waals surface area (Å²) in [5.41, 5.74) is 0.708. The average Bonchev–Trinajstić information content (AvgIpc) is 3.06.